The highest BCUT2D eigenvalue weighted by Crippen LogP contribution is 2.19. The van der Waals surface area contributed by atoms with Crippen LogP contribution in [-0.2, 0) is 0 Å². The van der Waals surface area contributed by atoms with Gasteiger partial charge in [0.15, 0.2) is 0 Å². The molecule has 0 unspecified atom stereocenters. The molecule has 48 valence electrons. The minimum Gasteiger partial charge on any atom is -0.160 e. The maximum atomic E-state index is 11.8. The second-order valence-corrected chi connectivity index (χ2v) is 2.34. The fraction of sp³-hybridized carbons (Fsp3) is 0.143. The van der Waals surface area contributed by atoms with Gasteiger partial charge in [0.2, 0.25) is 0 Å². The van der Waals surface area contributed by atoms with Crippen molar-refractivity contribution in [2.24, 2.45) is 0 Å². The molecule has 1 aliphatic rings. The van der Waals surface area contributed by atoms with Gasteiger partial charge in [-0.1, -0.05) is 18.2 Å². The summed E-state index contributed by atoms with van der Waals surface area (Å²) in [4.78, 5) is 0.670. The van der Waals surface area contributed by atoms with Crippen molar-refractivity contribution in [2.75, 3.05) is 0 Å². The monoisotopic (exact) mass is 142 g/mol. The summed E-state index contributed by atoms with van der Waals surface area (Å²) in [6.45, 7) is 0. The third-order valence-electron chi connectivity index (χ3n) is 1.04. The molecule has 0 aliphatic heterocycles. The van der Waals surface area contributed by atoms with Gasteiger partial charge in [-0.25, -0.2) is 0 Å². The first-order valence-corrected chi connectivity index (χ1v) is 3.47. The molecular weight excluding hydrogens is 135 g/mol. The molecule has 1 rings (SSSR count). The van der Waals surface area contributed by atoms with E-state index in [1.165, 1.54) is 0 Å². The maximum absolute atomic E-state index is 11.8. The Labute approximate surface area is 58.4 Å². The SMILES string of the molecule is FSC1=CC=CCC=C1. The molecule has 1 aliphatic carbocycles. The van der Waals surface area contributed by atoms with E-state index in [1.807, 2.05) is 18.2 Å². The Morgan fingerprint density at radius 2 is 2.33 bits per heavy atom. The van der Waals surface area contributed by atoms with Crippen molar-refractivity contribution in [2.45, 2.75) is 6.42 Å². The Balaban J connectivity index is 2.67. The lowest BCUT2D eigenvalue weighted by Crippen LogP contribution is -1.59. The molecule has 0 radical (unpaired) electrons. The summed E-state index contributed by atoms with van der Waals surface area (Å²) in [5.41, 5.74) is 0. The van der Waals surface area contributed by atoms with E-state index in [2.05, 4.69) is 0 Å². The third kappa shape index (κ3) is 2.06. The van der Waals surface area contributed by atoms with Crippen LogP contribution in [0.15, 0.2) is 35.3 Å². The molecule has 0 aromatic carbocycles. The quantitative estimate of drug-likeness (QED) is 0.542. The first-order chi connectivity index (χ1) is 4.43. The van der Waals surface area contributed by atoms with Gasteiger partial charge in [0.1, 0.15) is 0 Å². The number of hydrogen-bond acceptors (Lipinski definition) is 1. The topological polar surface area (TPSA) is 0 Å². The summed E-state index contributed by atoms with van der Waals surface area (Å²) < 4.78 is 11.8. The second kappa shape index (κ2) is 3.51. The van der Waals surface area contributed by atoms with Crippen molar-refractivity contribution in [1.82, 2.24) is 0 Å². The zero-order chi connectivity index (χ0) is 6.53. The first kappa shape index (κ1) is 6.62. The number of hydrogen-bond donors (Lipinski definition) is 0. The largest absolute Gasteiger partial charge is 0.160 e. The van der Waals surface area contributed by atoms with Gasteiger partial charge in [-0.3, -0.25) is 0 Å². The van der Waals surface area contributed by atoms with Gasteiger partial charge in [-0.15, -0.1) is 0 Å². The van der Waals surface area contributed by atoms with E-state index in [9.17, 15) is 3.89 Å². The van der Waals surface area contributed by atoms with Crippen molar-refractivity contribution in [1.29, 1.82) is 0 Å². The summed E-state index contributed by atoms with van der Waals surface area (Å²) >= 11 is 0.282. The Kier molecular flexibility index (Phi) is 2.58. The van der Waals surface area contributed by atoms with Crippen LogP contribution in [0.5, 0.6) is 0 Å². The summed E-state index contributed by atoms with van der Waals surface area (Å²) in [5.74, 6) is 0. The number of rotatable bonds is 1. The highest BCUT2D eigenvalue weighted by Gasteiger charge is 1.90. The zero-order valence-electron chi connectivity index (χ0n) is 4.88. The van der Waals surface area contributed by atoms with Gasteiger partial charge in [0, 0.05) is 4.91 Å². The molecule has 0 nitrogen and oxygen atoms in total. The lowest BCUT2D eigenvalue weighted by molar-refractivity contribution is 0.945. The molecule has 0 N–H and O–H groups in total. The van der Waals surface area contributed by atoms with E-state index in [0.29, 0.717) is 4.91 Å². The first-order valence-electron chi connectivity index (χ1n) is 2.75. The minimum absolute atomic E-state index is 0.282. The van der Waals surface area contributed by atoms with Crippen LogP contribution in [0.25, 0.3) is 0 Å². The van der Waals surface area contributed by atoms with Crippen molar-refractivity contribution in [3.05, 3.63) is 35.3 Å². The third-order valence-corrected chi connectivity index (χ3v) is 1.49. The molecule has 0 aromatic rings. The second-order valence-electron chi connectivity index (χ2n) is 1.71. The average molecular weight is 142 g/mol. The Morgan fingerprint density at radius 3 is 3.11 bits per heavy atom. The van der Waals surface area contributed by atoms with Gasteiger partial charge in [-0.05, 0) is 18.6 Å². The van der Waals surface area contributed by atoms with E-state index < -0.39 is 0 Å². The van der Waals surface area contributed by atoms with Crippen LogP contribution in [0.3, 0.4) is 0 Å². The zero-order valence-corrected chi connectivity index (χ0v) is 5.70. The summed E-state index contributed by atoms with van der Waals surface area (Å²) in [5, 5.41) is 0. The molecule has 0 spiro atoms. The summed E-state index contributed by atoms with van der Waals surface area (Å²) in [6.07, 6.45) is 10.2. The Morgan fingerprint density at radius 1 is 1.44 bits per heavy atom. The molecule has 0 amide bonds. The van der Waals surface area contributed by atoms with Gasteiger partial charge in [-0.2, -0.15) is 3.89 Å². The number of halogens is 1. The van der Waals surface area contributed by atoms with Crippen molar-refractivity contribution >= 4 is 12.1 Å². The van der Waals surface area contributed by atoms with Crippen molar-refractivity contribution < 1.29 is 3.89 Å². The number of allylic oxidation sites excluding steroid dienone is 5. The van der Waals surface area contributed by atoms with Crippen molar-refractivity contribution in [3.8, 4) is 0 Å². The summed E-state index contributed by atoms with van der Waals surface area (Å²) in [7, 11) is 0. The molecule has 0 heterocycles. The minimum atomic E-state index is 0.282. The van der Waals surface area contributed by atoms with Crippen LogP contribution in [0.1, 0.15) is 6.42 Å². The van der Waals surface area contributed by atoms with E-state index in [-0.39, 0.29) is 12.1 Å². The smallest absolute Gasteiger partial charge is 0.0812 e. The lowest BCUT2D eigenvalue weighted by atomic mass is 10.4. The van der Waals surface area contributed by atoms with Crippen LogP contribution in [0, 0.1) is 0 Å². The van der Waals surface area contributed by atoms with Gasteiger partial charge >= 0.3 is 0 Å². The van der Waals surface area contributed by atoms with Crippen molar-refractivity contribution in [3.63, 3.8) is 0 Å². The molecule has 0 saturated heterocycles. The molecule has 0 aromatic heterocycles. The van der Waals surface area contributed by atoms with E-state index in [4.69, 9.17) is 0 Å². The maximum Gasteiger partial charge on any atom is 0.0812 e. The normalized spacial score (nSPS) is 17.2. The lowest BCUT2D eigenvalue weighted by Gasteiger charge is -1.84. The Bertz CT molecular complexity index is 168. The molecule has 9 heavy (non-hydrogen) atoms. The predicted octanol–water partition coefficient (Wildman–Crippen LogP) is 3.00. The van der Waals surface area contributed by atoms with E-state index in [0.717, 1.165) is 6.42 Å². The van der Waals surface area contributed by atoms with Crippen LogP contribution in [0.2, 0.25) is 0 Å². The van der Waals surface area contributed by atoms with Crippen LogP contribution in [-0.4, -0.2) is 0 Å². The molecular formula is C7H7FS. The molecule has 2 heteroatoms. The van der Waals surface area contributed by atoms with Crippen LogP contribution in [0.4, 0.5) is 3.89 Å². The predicted molar refractivity (Wildman–Crippen MR) is 39.7 cm³/mol. The standard InChI is InChI=1S/C7H7FS/c8-9-7-5-3-1-2-4-6-7/h1,3-6H,2H2. The van der Waals surface area contributed by atoms with Crippen LogP contribution >= 0.6 is 12.1 Å². The molecule has 0 saturated carbocycles. The highest BCUT2D eigenvalue weighted by atomic mass is 32.2. The molecule has 0 bridgehead atoms. The van der Waals surface area contributed by atoms with Gasteiger partial charge in [0.05, 0.1) is 12.1 Å². The molecule has 0 atom stereocenters. The molecule has 0 fully saturated rings. The van der Waals surface area contributed by atoms with Gasteiger partial charge < -0.3 is 0 Å². The fourth-order valence-electron chi connectivity index (χ4n) is 0.611. The fourth-order valence-corrected chi connectivity index (χ4v) is 0.889. The van der Waals surface area contributed by atoms with Crippen LogP contribution < -0.4 is 0 Å². The van der Waals surface area contributed by atoms with E-state index >= 15 is 0 Å². The van der Waals surface area contributed by atoms with E-state index in [1.54, 1.807) is 12.2 Å². The highest BCUT2D eigenvalue weighted by molar-refractivity contribution is 7.98. The van der Waals surface area contributed by atoms with Gasteiger partial charge in [0.25, 0.3) is 0 Å². The summed E-state index contributed by atoms with van der Waals surface area (Å²) in [6, 6.07) is 0. The Hall–Kier alpha value is -0.500. The average Bonchev–Trinajstić information content (AvgIpc) is 2.13.